The van der Waals surface area contributed by atoms with E-state index in [2.05, 4.69) is 33.7 Å². The number of nitrogens with one attached hydrogen (secondary N) is 2. The summed E-state index contributed by atoms with van der Waals surface area (Å²) in [5, 5.41) is 11.0. The minimum atomic E-state index is -0.184. The second kappa shape index (κ2) is 10.7. The maximum Gasteiger partial charge on any atom is 0.191 e. The van der Waals surface area contributed by atoms with E-state index in [9.17, 15) is 4.39 Å². The molecule has 0 bridgehead atoms. The third-order valence-corrected chi connectivity index (χ3v) is 4.74. The summed E-state index contributed by atoms with van der Waals surface area (Å²) in [6.45, 7) is 11.9. The van der Waals surface area contributed by atoms with Crippen molar-refractivity contribution in [2.75, 3.05) is 31.6 Å². The van der Waals surface area contributed by atoms with Crippen molar-refractivity contribution in [2.24, 2.45) is 4.99 Å². The van der Waals surface area contributed by atoms with Crippen LogP contribution in [0.15, 0.2) is 29.3 Å². The van der Waals surface area contributed by atoms with Gasteiger partial charge in [0, 0.05) is 45.5 Å². The lowest BCUT2D eigenvalue weighted by Gasteiger charge is -2.22. The van der Waals surface area contributed by atoms with Crippen molar-refractivity contribution in [3.63, 3.8) is 0 Å². The average molecular weight is 389 g/mol. The first-order valence-electron chi connectivity index (χ1n) is 9.97. The van der Waals surface area contributed by atoms with Crippen LogP contribution in [-0.2, 0) is 13.1 Å². The summed E-state index contributed by atoms with van der Waals surface area (Å²) in [6, 6.07) is 7.49. The molecule has 0 spiro atoms. The Balaban J connectivity index is 1.80. The van der Waals surface area contributed by atoms with E-state index in [0.717, 1.165) is 43.9 Å². The standard InChI is InChI=1S/C21H33FN6/c1-6-27(7-2)20-10-9-18(14-19(20)22)15-25-21(23-5)24-11-8-12-28-17(4)13-16(3)26-28/h9-10,13-14H,6-8,11-12,15H2,1-5H3,(H2,23,24,25). The van der Waals surface area contributed by atoms with Crippen molar-refractivity contribution >= 4 is 11.6 Å². The Morgan fingerprint density at radius 1 is 1.18 bits per heavy atom. The Morgan fingerprint density at radius 2 is 1.93 bits per heavy atom. The molecule has 0 aliphatic rings. The molecule has 0 saturated carbocycles. The maximum absolute atomic E-state index is 14.4. The van der Waals surface area contributed by atoms with Crippen molar-refractivity contribution in [2.45, 2.75) is 47.2 Å². The summed E-state index contributed by atoms with van der Waals surface area (Å²) in [7, 11) is 1.74. The first-order chi connectivity index (χ1) is 13.5. The molecule has 0 saturated heterocycles. The molecule has 0 amide bonds. The molecule has 0 aliphatic carbocycles. The lowest BCUT2D eigenvalue weighted by molar-refractivity contribution is 0.555. The Hall–Kier alpha value is -2.57. The van der Waals surface area contributed by atoms with E-state index < -0.39 is 0 Å². The number of aryl methyl sites for hydroxylation is 3. The zero-order valence-electron chi connectivity index (χ0n) is 17.7. The van der Waals surface area contributed by atoms with Crippen LogP contribution in [0.4, 0.5) is 10.1 Å². The molecule has 2 N–H and O–H groups in total. The zero-order chi connectivity index (χ0) is 20.5. The fraction of sp³-hybridized carbons (Fsp3) is 0.524. The highest BCUT2D eigenvalue weighted by molar-refractivity contribution is 5.79. The number of guanidine groups is 1. The van der Waals surface area contributed by atoms with E-state index in [1.807, 2.05) is 42.5 Å². The van der Waals surface area contributed by atoms with Gasteiger partial charge in [-0.15, -0.1) is 0 Å². The van der Waals surface area contributed by atoms with Crippen LogP contribution in [0.25, 0.3) is 0 Å². The fourth-order valence-corrected chi connectivity index (χ4v) is 3.22. The summed E-state index contributed by atoms with van der Waals surface area (Å²) < 4.78 is 16.4. The summed E-state index contributed by atoms with van der Waals surface area (Å²) in [6.07, 6.45) is 0.940. The molecule has 7 heteroatoms. The minimum absolute atomic E-state index is 0.184. The van der Waals surface area contributed by atoms with Gasteiger partial charge in [0.15, 0.2) is 5.96 Å². The van der Waals surface area contributed by atoms with Gasteiger partial charge in [0.1, 0.15) is 5.82 Å². The second-order valence-electron chi connectivity index (χ2n) is 6.81. The number of aromatic nitrogens is 2. The van der Waals surface area contributed by atoms with E-state index in [0.29, 0.717) is 18.2 Å². The molecule has 0 atom stereocenters. The normalized spacial score (nSPS) is 11.6. The van der Waals surface area contributed by atoms with Gasteiger partial charge in [0.2, 0.25) is 0 Å². The summed E-state index contributed by atoms with van der Waals surface area (Å²) >= 11 is 0. The van der Waals surface area contributed by atoms with Gasteiger partial charge in [-0.05, 0) is 57.9 Å². The largest absolute Gasteiger partial charge is 0.370 e. The number of halogens is 1. The van der Waals surface area contributed by atoms with E-state index in [-0.39, 0.29) is 5.82 Å². The number of anilines is 1. The van der Waals surface area contributed by atoms with Crippen molar-refractivity contribution in [1.82, 2.24) is 20.4 Å². The van der Waals surface area contributed by atoms with Gasteiger partial charge in [-0.3, -0.25) is 9.67 Å². The number of benzene rings is 1. The quantitative estimate of drug-likeness (QED) is 0.393. The smallest absolute Gasteiger partial charge is 0.191 e. The lowest BCUT2D eigenvalue weighted by Crippen LogP contribution is -2.37. The highest BCUT2D eigenvalue weighted by Gasteiger charge is 2.09. The van der Waals surface area contributed by atoms with Gasteiger partial charge in [-0.25, -0.2) is 4.39 Å². The van der Waals surface area contributed by atoms with E-state index in [1.54, 1.807) is 13.1 Å². The zero-order valence-corrected chi connectivity index (χ0v) is 17.7. The molecular formula is C21H33FN6. The van der Waals surface area contributed by atoms with Crippen LogP contribution in [0, 0.1) is 19.7 Å². The van der Waals surface area contributed by atoms with Gasteiger partial charge < -0.3 is 15.5 Å². The first kappa shape index (κ1) is 21.7. The van der Waals surface area contributed by atoms with Crippen LogP contribution < -0.4 is 15.5 Å². The Labute approximate surface area is 167 Å². The van der Waals surface area contributed by atoms with Gasteiger partial charge in [0.05, 0.1) is 11.4 Å². The number of hydrogen-bond donors (Lipinski definition) is 2. The van der Waals surface area contributed by atoms with Crippen molar-refractivity contribution < 1.29 is 4.39 Å². The molecule has 1 heterocycles. The van der Waals surface area contributed by atoms with E-state index >= 15 is 0 Å². The van der Waals surface area contributed by atoms with Crippen LogP contribution in [-0.4, -0.2) is 42.4 Å². The fourth-order valence-electron chi connectivity index (χ4n) is 3.22. The highest BCUT2D eigenvalue weighted by atomic mass is 19.1. The Kier molecular flexibility index (Phi) is 8.29. The van der Waals surface area contributed by atoms with Gasteiger partial charge >= 0.3 is 0 Å². The molecular weight excluding hydrogens is 355 g/mol. The third kappa shape index (κ3) is 5.97. The molecule has 28 heavy (non-hydrogen) atoms. The van der Waals surface area contributed by atoms with Crippen LogP contribution in [0.5, 0.6) is 0 Å². The molecule has 0 fully saturated rings. The van der Waals surface area contributed by atoms with E-state index in [1.165, 1.54) is 5.69 Å². The number of nitrogens with zero attached hydrogens (tertiary/aromatic N) is 4. The van der Waals surface area contributed by atoms with Crippen molar-refractivity contribution in [1.29, 1.82) is 0 Å². The molecule has 1 aromatic heterocycles. The topological polar surface area (TPSA) is 57.5 Å². The lowest BCUT2D eigenvalue weighted by atomic mass is 10.2. The third-order valence-electron chi connectivity index (χ3n) is 4.74. The predicted molar refractivity (Wildman–Crippen MR) is 114 cm³/mol. The Bertz CT molecular complexity index is 779. The first-order valence-corrected chi connectivity index (χ1v) is 9.97. The number of rotatable bonds is 9. The average Bonchev–Trinajstić information content (AvgIpc) is 3.00. The molecule has 2 aromatic rings. The number of aliphatic imine (C=N–C) groups is 1. The summed E-state index contributed by atoms with van der Waals surface area (Å²) in [4.78, 5) is 6.24. The molecule has 1 aromatic carbocycles. The van der Waals surface area contributed by atoms with E-state index in [4.69, 9.17) is 0 Å². The molecule has 2 rings (SSSR count). The number of hydrogen-bond acceptors (Lipinski definition) is 3. The van der Waals surface area contributed by atoms with Crippen LogP contribution in [0.2, 0.25) is 0 Å². The van der Waals surface area contributed by atoms with Crippen molar-refractivity contribution in [3.8, 4) is 0 Å². The molecule has 0 unspecified atom stereocenters. The molecule has 0 radical (unpaired) electrons. The van der Waals surface area contributed by atoms with Crippen LogP contribution >= 0.6 is 0 Å². The van der Waals surface area contributed by atoms with Crippen LogP contribution in [0.1, 0.15) is 37.2 Å². The van der Waals surface area contributed by atoms with Crippen molar-refractivity contribution in [3.05, 3.63) is 47.0 Å². The molecule has 6 nitrogen and oxygen atoms in total. The molecule has 0 aliphatic heterocycles. The SMILES string of the molecule is CCN(CC)c1ccc(CNC(=NC)NCCCn2nc(C)cc2C)cc1F. The van der Waals surface area contributed by atoms with Crippen LogP contribution in [0.3, 0.4) is 0 Å². The Morgan fingerprint density at radius 3 is 2.50 bits per heavy atom. The maximum atomic E-state index is 14.4. The predicted octanol–water partition coefficient (Wildman–Crippen LogP) is 3.24. The minimum Gasteiger partial charge on any atom is -0.370 e. The second-order valence-corrected chi connectivity index (χ2v) is 6.81. The summed E-state index contributed by atoms with van der Waals surface area (Å²) in [5.41, 5.74) is 3.76. The van der Waals surface area contributed by atoms with Gasteiger partial charge in [-0.1, -0.05) is 6.07 Å². The molecule has 154 valence electrons. The highest BCUT2D eigenvalue weighted by Crippen LogP contribution is 2.20. The van der Waals surface area contributed by atoms with Gasteiger partial charge in [-0.2, -0.15) is 5.10 Å². The van der Waals surface area contributed by atoms with Gasteiger partial charge in [0.25, 0.3) is 0 Å². The monoisotopic (exact) mass is 388 g/mol. The summed E-state index contributed by atoms with van der Waals surface area (Å²) in [5.74, 6) is 0.525.